The van der Waals surface area contributed by atoms with Crippen molar-refractivity contribution < 1.29 is 4.74 Å². The first-order valence-corrected chi connectivity index (χ1v) is 8.92. The van der Waals surface area contributed by atoms with Crippen LogP contribution in [0.15, 0.2) is 17.1 Å². The van der Waals surface area contributed by atoms with E-state index in [-0.39, 0.29) is 30.1 Å². The molecular formula is C16H29IN4OS. The maximum Gasteiger partial charge on any atom is 0.191 e. The summed E-state index contributed by atoms with van der Waals surface area (Å²) in [7, 11) is 2.14. The predicted molar refractivity (Wildman–Crippen MR) is 109 cm³/mol. The van der Waals surface area contributed by atoms with Crippen LogP contribution in [0.5, 0.6) is 0 Å². The van der Waals surface area contributed by atoms with Crippen molar-refractivity contribution in [3.05, 3.63) is 21.9 Å². The van der Waals surface area contributed by atoms with Crippen LogP contribution in [0.4, 0.5) is 0 Å². The third-order valence-electron chi connectivity index (χ3n) is 3.64. The molecule has 2 N–H and O–H groups in total. The molecule has 0 aromatic carbocycles. The Morgan fingerprint density at radius 1 is 1.35 bits per heavy atom. The number of nitrogens with one attached hydrogen (secondary N) is 2. The van der Waals surface area contributed by atoms with E-state index >= 15 is 0 Å². The number of ether oxygens (including phenoxy) is 1. The number of hydrogen-bond acceptors (Lipinski definition) is 4. The number of aryl methyl sites for hydroxylation is 1. The van der Waals surface area contributed by atoms with Crippen LogP contribution in [0.3, 0.4) is 0 Å². The fourth-order valence-corrected chi connectivity index (χ4v) is 3.28. The van der Waals surface area contributed by atoms with E-state index in [9.17, 15) is 0 Å². The molecule has 0 radical (unpaired) electrons. The Bertz CT molecular complexity index is 480. The van der Waals surface area contributed by atoms with Crippen molar-refractivity contribution in [2.45, 2.75) is 32.9 Å². The van der Waals surface area contributed by atoms with Crippen LogP contribution < -0.4 is 10.6 Å². The number of likely N-dealkylation sites (N-methyl/N-ethyl adjacent to an activating group) is 1. The Labute approximate surface area is 160 Å². The predicted octanol–water partition coefficient (Wildman–Crippen LogP) is 2.31. The molecule has 1 aromatic heterocycles. The number of nitrogens with zero attached hydrogens (tertiary/aromatic N) is 2. The van der Waals surface area contributed by atoms with Gasteiger partial charge in [0.15, 0.2) is 5.96 Å². The van der Waals surface area contributed by atoms with Gasteiger partial charge in [-0.15, -0.1) is 35.3 Å². The molecular weight excluding hydrogens is 423 g/mol. The second-order valence-electron chi connectivity index (χ2n) is 5.55. The monoisotopic (exact) mass is 452 g/mol. The number of thiophene rings is 1. The topological polar surface area (TPSA) is 48.9 Å². The van der Waals surface area contributed by atoms with E-state index in [4.69, 9.17) is 4.74 Å². The van der Waals surface area contributed by atoms with Gasteiger partial charge in [-0.3, -0.25) is 0 Å². The highest BCUT2D eigenvalue weighted by molar-refractivity contribution is 14.0. The highest BCUT2D eigenvalue weighted by Crippen LogP contribution is 2.17. The van der Waals surface area contributed by atoms with Gasteiger partial charge in [0, 0.05) is 35.9 Å². The van der Waals surface area contributed by atoms with E-state index in [1.807, 2.05) is 11.3 Å². The number of halogens is 1. The van der Waals surface area contributed by atoms with Gasteiger partial charge in [-0.2, -0.15) is 0 Å². The maximum atomic E-state index is 5.77. The first-order valence-electron chi connectivity index (χ1n) is 8.11. The zero-order valence-corrected chi connectivity index (χ0v) is 17.4. The molecule has 0 spiro atoms. The Hall–Kier alpha value is -0.380. The number of hydrogen-bond donors (Lipinski definition) is 2. The Balaban J connectivity index is 0.00000264. The van der Waals surface area contributed by atoms with Crippen molar-refractivity contribution in [1.82, 2.24) is 15.5 Å². The summed E-state index contributed by atoms with van der Waals surface area (Å²) in [4.78, 5) is 9.70. The van der Waals surface area contributed by atoms with Gasteiger partial charge in [-0.25, -0.2) is 4.99 Å². The summed E-state index contributed by atoms with van der Waals surface area (Å²) < 4.78 is 5.77. The number of aliphatic imine (C=N–C) groups is 1. The fraction of sp³-hybridized carbons (Fsp3) is 0.688. The molecule has 1 aliphatic heterocycles. The molecule has 7 heteroatoms. The van der Waals surface area contributed by atoms with Crippen molar-refractivity contribution in [3.63, 3.8) is 0 Å². The van der Waals surface area contributed by atoms with Crippen LogP contribution in [-0.4, -0.2) is 56.8 Å². The molecule has 5 nitrogen and oxygen atoms in total. The molecule has 1 saturated heterocycles. The van der Waals surface area contributed by atoms with E-state index in [1.54, 1.807) is 0 Å². The van der Waals surface area contributed by atoms with Crippen molar-refractivity contribution >= 4 is 41.3 Å². The van der Waals surface area contributed by atoms with E-state index < -0.39 is 0 Å². The minimum absolute atomic E-state index is 0. The van der Waals surface area contributed by atoms with E-state index in [2.05, 4.69) is 53.6 Å². The first-order chi connectivity index (χ1) is 10.7. The number of morpholine rings is 1. The molecule has 0 aliphatic carbocycles. The van der Waals surface area contributed by atoms with Crippen LogP contribution >= 0.6 is 35.3 Å². The first kappa shape index (κ1) is 20.7. The molecule has 1 aromatic rings. The van der Waals surface area contributed by atoms with Gasteiger partial charge in [-0.1, -0.05) is 6.92 Å². The minimum atomic E-state index is 0. The zero-order chi connectivity index (χ0) is 15.8. The van der Waals surface area contributed by atoms with Crippen LogP contribution in [0, 0.1) is 0 Å². The van der Waals surface area contributed by atoms with Gasteiger partial charge in [-0.05, 0) is 32.5 Å². The number of rotatable bonds is 6. The molecule has 0 bridgehead atoms. The van der Waals surface area contributed by atoms with Crippen LogP contribution in [0.2, 0.25) is 0 Å². The summed E-state index contributed by atoms with van der Waals surface area (Å²) >= 11 is 1.85. The van der Waals surface area contributed by atoms with Gasteiger partial charge >= 0.3 is 0 Å². The van der Waals surface area contributed by atoms with Crippen molar-refractivity contribution in [2.75, 3.05) is 39.8 Å². The second kappa shape index (κ2) is 11.2. The summed E-state index contributed by atoms with van der Waals surface area (Å²) in [5.74, 6) is 0.866. The summed E-state index contributed by atoms with van der Waals surface area (Å²) in [6.45, 7) is 9.45. The highest BCUT2D eigenvalue weighted by atomic mass is 127. The molecule has 23 heavy (non-hydrogen) atoms. The quantitative estimate of drug-likeness (QED) is 0.395. The lowest BCUT2D eigenvalue weighted by Crippen LogP contribution is -2.48. The zero-order valence-electron chi connectivity index (χ0n) is 14.3. The SMILES string of the molecule is CCNC(=NCc1ccc(CC)s1)NCC1CN(C)CCO1.I. The van der Waals surface area contributed by atoms with E-state index in [1.165, 1.54) is 9.75 Å². The summed E-state index contributed by atoms with van der Waals surface area (Å²) in [6, 6.07) is 4.37. The molecule has 0 amide bonds. The molecule has 1 atom stereocenters. The van der Waals surface area contributed by atoms with Crippen LogP contribution in [-0.2, 0) is 17.7 Å². The van der Waals surface area contributed by atoms with Gasteiger partial charge in [0.2, 0.25) is 0 Å². The largest absolute Gasteiger partial charge is 0.374 e. The van der Waals surface area contributed by atoms with Crippen LogP contribution in [0.25, 0.3) is 0 Å². The third kappa shape index (κ3) is 7.36. The highest BCUT2D eigenvalue weighted by Gasteiger charge is 2.17. The lowest BCUT2D eigenvalue weighted by molar-refractivity contribution is -0.0161. The summed E-state index contributed by atoms with van der Waals surface area (Å²) in [5, 5.41) is 6.69. The van der Waals surface area contributed by atoms with Crippen molar-refractivity contribution in [2.24, 2.45) is 4.99 Å². The van der Waals surface area contributed by atoms with Gasteiger partial charge in [0.1, 0.15) is 0 Å². The van der Waals surface area contributed by atoms with Gasteiger partial charge in [0.05, 0.1) is 19.3 Å². The second-order valence-corrected chi connectivity index (χ2v) is 6.81. The van der Waals surface area contributed by atoms with Gasteiger partial charge in [0.25, 0.3) is 0 Å². The Kier molecular flexibility index (Phi) is 10.1. The molecule has 1 fully saturated rings. The lowest BCUT2D eigenvalue weighted by atomic mass is 10.3. The summed E-state index contributed by atoms with van der Waals surface area (Å²) in [5.41, 5.74) is 0. The Morgan fingerprint density at radius 2 is 2.13 bits per heavy atom. The summed E-state index contributed by atoms with van der Waals surface area (Å²) in [6.07, 6.45) is 1.33. The van der Waals surface area contributed by atoms with Crippen LogP contribution in [0.1, 0.15) is 23.6 Å². The molecule has 1 unspecified atom stereocenters. The average Bonchev–Trinajstić information content (AvgIpc) is 2.98. The Morgan fingerprint density at radius 3 is 2.78 bits per heavy atom. The van der Waals surface area contributed by atoms with Crippen molar-refractivity contribution in [3.8, 4) is 0 Å². The molecule has 2 heterocycles. The molecule has 1 aliphatic rings. The van der Waals surface area contributed by atoms with Gasteiger partial charge < -0.3 is 20.3 Å². The molecule has 132 valence electrons. The normalized spacial score (nSPS) is 19.3. The lowest BCUT2D eigenvalue weighted by Gasteiger charge is -2.30. The fourth-order valence-electron chi connectivity index (χ4n) is 2.40. The minimum Gasteiger partial charge on any atom is -0.374 e. The standard InChI is InChI=1S/C16H28N4OS.HI/c1-4-14-6-7-15(22-14)11-19-16(17-5-2)18-10-13-12-20(3)8-9-21-13;/h6-7,13H,4-5,8-12H2,1-3H3,(H2,17,18,19);1H. The average molecular weight is 452 g/mol. The molecule has 2 rings (SSSR count). The van der Waals surface area contributed by atoms with E-state index in [0.29, 0.717) is 0 Å². The number of guanidine groups is 1. The molecule has 0 saturated carbocycles. The van der Waals surface area contributed by atoms with E-state index in [0.717, 1.165) is 51.7 Å². The van der Waals surface area contributed by atoms with Crippen molar-refractivity contribution in [1.29, 1.82) is 0 Å². The maximum absolute atomic E-state index is 5.77. The third-order valence-corrected chi connectivity index (χ3v) is 4.86. The smallest absolute Gasteiger partial charge is 0.191 e.